The van der Waals surface area contributed by atoms with E-state index in [1.165, 1.54) is 17.4 Å². The van der Waals surface area contributed by atoms with Gasteiger partial charge in [-0.05, 0) is 70.1 Å². The van der Waals surface area contributed by atoms with E-state index in [4.69, 9.17) is 16.6 Å². The minimum atomic E-state index is 0.575. The first-order valence-corrected chi connectivity index (χ1v) is 13.8. The van der Waals surface area contributed by atoms with Crippen LogP contribution in [0.5, 0.6) is 0 Å². The summed E-state index contributed by atoms with van der Waals surface area (Å²) in [7, 11) is 1.93. The van der Waals surface area contributed by atoms with E-state index in [1.54, 1.807) is 6.08 Å². The lowest BCUT2D eigenvalue weighted by Gasteiger charge is -2.21. The number of hydrogen-bond donors (Lipinski definition) is 2. The first kappa shape index (κ1) is 38.2. The Morgan fingerprint density at radius 1 is 1.03 bits per heavy atom. The van der Waals surface area contributed by atoms with E-state index in [1.807, 2.05) is 26.1 Å². The minimum absolute atomic E-state index is 0.575. The third kappa shape index (κ3) is 22.1. The van der Waals surface area contributed by atoms with Gasteiger partial charge in [-0.25, -0.2) is 4.98 Å². The second kappa shape index (κ2) is 30.7. The van der Waals surface area contributed by atoms with Gasteiger partial charge in [0.1, 0.15) is 5.82 Å². The highest BCUT2D eigenvalue weighted by Crippen LogP contribution is 2.19. The van der Waals surface area contributed by atoms with Gasteiger partial charge in [-0.1, -0.05) is 71.9 Å². The molecule has 2 rings (SSSR count). The summed E-state index contributed by atoms with van der Waals surface area (Å²) in [6.45, 7) is 22.1. The number of carbonyl (C=O) groups is 1. The topological polar surface area (TPSA) is 57.3 Å². The number of nitrogens with one attached hydrogen (secondary N) is 2. The third-order valence-corrected chi connectivity index (χ3v) is 4.53. The predicted molar refractivity (Wildman–Crippen MR) is 165 cm³/mol. The van der Waals surface area contributed by atoms with Crippen molar-refractivity contribution in [1.29, 1.82) is 0 Å². The normalized spacial score (nSPS) is 9.25. The molecule has 0 aliphatic carbocycles. The number of fused-ring (bicyclic) bond motifs is 1. The standard InChI is InChI=1S/C16H22N2.C5H7Cl.C3H7NO.C3H9N.C3H8/c1-4-11-18(6-3)16-10-8-14-12-13(5-2)7-9-15(14)17-16;1-2-3-4-5-6;1-2-4-3-5;1-3-4-2;1-3-2/h7-10,12H,4-6,11H2,1-3H3;2-4H,1,5H2;3H,2H2,1H3,(H,4,5);4H,3H2,1-2H3;3H2,1-2H3/b;4-3-;;;. The van der Waals surface area contributed by atoms with Gasteiger partial charge in [0.15, 0.2) is 0 Å². The van der Waals surface area contributed by atoms with Crippen LogP contribution in [-0.2, 0) is 11.2 Å². The number of pyridine rings is 1. The lowest BCUT2D eigenvalue weighted by molar-refractivity contribution is -0.109. The van der Waals surface area contributed by atoms with E-state index in [2.05, 4.69) is 94.0 Å². The number of rotatable bonds is 10. The maximum absolute atomic E-state index is 9.29. The Morgan fingerprint density at radius 2 is 1.67 bits per heavy atom. The molecule has 1 aromatic carbocycles. The van der Waals surface area contributed by atoms with Gasteiger partial charge in [0.2, 0.25) is 6.41 Å². The van der Waals surface area contributed by atoms with Gasteiger partial charge in [0.05, 0.1) is 5.52 Å². The molecule has 0 aliphatic rings. The van der Waals surface area contributed by atoms with Gasteiger partial charge in [-0.15, -0.1) is 11.6 Å². The summed E-state index contributed by atoms with van der Waals surface area (Å²) in [5.41, 5.74) is 2.47. The molecular weight excluding hydrogens is 468 g/mol. The van der Waals surface area contributed by atoms with Crippen LogP contribution in [0.1, 0.15) is 66.9 Å². The first-order valence-electron chi connectivity index (χ1n) is 13.2. The number of allylic oxidation sites excluding steroid dienone is 3. The van der Waals surface area contributed by atoms with Crippen LogP contribution in [0.15, 0.2) is 55.1 Å². The average molecular weight is 521 g/mol. The molecule has 0 unspecified atom stereocenters. The highest BCUT2D eigenvalue weighted by molar-refractivity contribution is 6.18. The SMILES string of the molecule is C=C/C=C\CCl.CCC.CCCN(CC)c1ccc2cc(CC)ccc2n1.CCNC.CCNC=O. The monoisotopic (exact) mass is 520 g/mol. The smallest absolute Gasteiger partial charge is 0.207 e. The highest BCUT2D eigenvalue weighted by atomic mass is 35.5. The first-order chi connectivity index (χ1) is 17.4. The molecule has 2 N–H and O–H groups in total. The van der Waals surface area contributed by atoms with E-state index in [0.717, 1.165) is 50.4 Å². The molecule has 1 heterocycles. The molecule has 2 aromatic rings. The molecular formula is C30H53ClN4O. The Balaban J connectivity index is -0.000000497. The fourth-order valence-electron chi connectivity index (χ4n) is 2.50. The predicted octanol–water partition coefficient (Wildman–Crippen LogP) is 7.40. The molecule has 6 heteroatoms. The zero-order chi connectivity index (χ0) is 28.0. The van der Waals surface area contributed by atoms with E-state index in [0.29, 0.717) is 12.3 Å². The van der Waals surface area contributed by atoms with Crippen LogP contribution < -0.4 is 15.5 Å². The number of alkyl halides is 1. The molecule has 1 aromatic heterocycles. The Kier molecular flexibility index (Phi) is 32.5. The summed E-state index contributed by atoms with van der Waals surface area (Å²) in [4.78, 5) is 16.4. The van der Waals surface area contributed by atoms with Crippen LogP contribution in [0.4, 0.5) is 5.82 Å². The second-order valence-electron chi connectivity index (χ2n) is 7.54. The average Bonchev–Trinajstić information content (AvgIpc) is 2.91. The maximum atomic E-state index is 9.29. The van der Waals surface area contributed by atoms with Crippen molar-refractivity contribution in [2.45, 2.75) is 67.7 Å². The number of carbonyl (C=O) groups excluding carboxylic acids is 1. The molecule has 0 atom stereocenters. The number of halogens is 1. The van der Waals surface area contributed by atoms with Crippen LogP contribution in [-0.4, -0.2) is 50.5 Å². The van der Waals surface area contributed by atoms with E-state index < -0.39 is 0 Å². The number of nitrogens with zero attached hydrogens (tertiary/aromatic N) is 2. The van der Waals surface area contributed by atoms with Crippen molar-refractivity contribution in [3.05, 3.63) is 60.7 Å². The van der Waals surface area contributed by atoms with Crippen molar-refractivity contribution in [2.75, 3.05) is 44.0 Å². The van der Waals surface area contributed by atoms with E-state index in [-0.39, 0.29) is 0 Å². The molecule has 0 fully saturated rings. The summed E-state index contributed by atoms with van der Waals surface area (Å²) in [5, 5.41) is 6.60. The number of aryl methyl sites for hydroxylation is 1. The zero-order valence-corrected chi connectivity index (χ0v) is 25.0. The minimum Gasteiger partial charge on any atom is -0.359 e. The molecule has 1 amide bonds. The lowest BCUT2D eigenvalue weighted by atomic mass is 10.1. The van der Waals surface area contributed by atoms with Gasteiger partial charge in [-0.3, -0.25) is 4.79 Å². The van der Waals surface area contributed by atoms with Gasteiger partial charge < -0.3 is 15.5 Å². The molecule has 0 saturated carbocycles. The Labute approximate surface area is 227 Å². The molecule has 0 radical (unpaired) electrons. The fourth-order valence-corrected chi connectivity index (χ4v) is 2.60. The third-order valence-electron chi connectivity index (χ3n) is 4.35. The van der Waals surface area contributed by atoms with Crippen molar-refractivity contribution in [2.24, 2.45) is 0 Å². The Morgan fingerprint density at radius 3 is 2.03 bits per heavy atom. The summed E-state index contributed by atoms with van der Waals surface area (Å²) >= 11 is 5.25. The molecule has 0 aliphatic heterocycles. The number of aromatic nitrogens is 1. The van der Waals surface area contributed by atoms with Crippen LogP contribution in [0.3, 0.4) is 0 Å². The van der Waals surface area contributed by atoms with Gasteiger partial charge in [-0.2, -0.15) is 0 Å². The highest BCUT2D eigenvalue weighted by Gasteiger charge is 2.05. The molecule has 0 spiro atoms. The summed E-state index contributed by atoms with van der Waals surface area (Å²) in [6, 6.07) is 10.9. The number of hydrogen-bond acceptors (Lipinski definition) is 4. The van der Waals surface area contributed by atoms with Crippen molar-refractivity contribution < 1.29 is 4.79 Å². The van der Waals surface area contributed by atoms with Crippen molar-refractivity contribution in [3.63, 3.8) is 0 Å². The van der Waals surface area contributed by atoms with Crippen molar-refractivity contribution >= 4 is 34.7 Å². The Hall–Kier alpha value is -2.37. The van der Waals surface area contributed by atoms with Gasteiger partial charge in [0.25, 0.3) is 0 Å². The largest absolute Gasteiger partial charge is 0.359 e. The second-order valence-corrected chi connectivity index (χ2v) is 7.85. The molecule has 206 valence electrons. The van der Waals surface area contributed by atoms with Gasteiger partial charge >= 0.3 is 0 Å². The van der Waals surface area contributed by atoms with Crippen LogP contribution in [0, 0.1) is 0 Å². The van der Waals surface area contributed by atoms with Crippen molar-refractivity contribution in [1.82, 2.24) is 15.6 Å². The summed E-state index contributed by atoms with van der Waals surface area (Å²) in [6.07, 6.45) is 9.50. The maximum Gasteiger partial charge on any atom is 0.207 e. The number of amides is 1. The van der Waals surface area contributed by atoms with Crippen molar-refractivity contribution in [3.8, 4) is 0 Å². The molecule has 36 heavy (non-hydrogen) atoms. The number of anilines is 1. The summed E-state index contributed by atoms with van der Waals surface area (Å²) in [5.74, 6) is 1.67. The van der Waals surface area contributed by atoms with E-state index >= 15 is 0 Å². The van der Waals surface area contributed by atoms with Crippen LogP contribution >= 0.6 is 11.6 Å². The van der Waals surface area contributed by atoms with Crippen LogP contribution in [0.2, 0.25) is 0 Å². The van der Waals surface area contributed by atoms with Gasteiger partial charge in [0, 0.05) is 30.9 Å². The zero-order valence-electron chi connectivity index (χ0n) is 24.2. The molecule has 0 saturated heterocycles. The molecule has 0 bridgehead atoms. The summed E-state index contributed by atoms with van der Waals surface area (Å²) < 4.78 is 0. The van der Waals surface area contributed by atoms with E-state index in [9.17, 15) is 4.79 Å². The quantitative estimate of drug-likeness (QED) is 0.195. The number of benzene rings is 1. The fraction of sp³-hybridized carbons (Fsp3) is 0.533. The van der Waals surface area contributed by atoms with Crippen LogP contribution in [0.25, 0.3) is 10.9 Å². The Bertz CT molecular complexity index is 779. The molecule has 5 nitrogen and oxygen atoms in total. The lowest BCUT2D eigenvalue weighted by Crippen LogP contribution is -2.24.